The first-order valence-electron chi connectivity index (χ1n) is 11.8. The number of benzene rings is 3. The van der Waals surface area contributed by atoms with Crippen LogP contribution in [0, 0.1) is 5.92 Å². The largest absolute Gasteiger partial charge is 0.507 e. The first-order valence-corrected chi connectivity index (χ1v) is 12.1. The van der Waals surface area contributed by atoms with Gasteiger partial charge in [-0.2, -0.15) is 0 Å². The number of phenols is 1. The minimum absolute atomic E-state index is 0.0899. The van der Waals surface area contributed by atoms with E-state index in [1.165, 1.54) is 43.5 Å². The Labute approximate surface area is 204 Å². The summed E-state index contributed by atoms with van der Waals surface area (Å²) < 4.78 is 1.46. The van der Waals surface area contributed by atoms with Crippen LogP contribution in [0.25, 0.3) is 33.4 Å². The zero-order valence-corrected chi connectivity index (χ0v) is 20.0. The summed E-state index contributed by atoms with van der Waals surface area (Å²) in [7, 11) is 1.66. The van der Waals surface area contributed by atoms with Crippen LogP contribution in [0.2, 0.25) is 5.02 Å². The number of fused-ring (bicyclic) bond motifs is 4. The van der Waals surface area contributed by atoms with Crippen molar-refractivity contribution in [2.75, 3.05) is 19.6 Å². The lowest BCUT2D eigenvalue weighted by molar-refractivity contribution is 0.111. The second kappa shape index (κ2) is 9.61. The van der Waals surface area contributed by atoms with E-state index in [4.69, 9.17) is 11.6 Å². The van der Waals surface area contributed by atoms with Crippen molar-refractivity contribution in [3.63, 3.8) is 0 Å². The minimum atomic E-state index is -0.163. The fourth-order valence-corrected chi connectivity index (χ4v) is 4.99. The molecule has 0 amide bonds. The van der Waals surface area contributed by atoms with Crippen LogP contribution < -0.4 is 5.56 Å². The van der Waals surface area contributed by atoms with Crippen LogP contribution in [0.4, 0.5) is 0 Å². The number of para-hydroxylation sites is 1. The molecule has 3 aromatic carbocycles. The van der Waals surface area contributed by atoms with E-state index in [-0.39, 0.29) is 11.3 Å². The van der Waals surface area contributed by atoms with Crippen LogP contribution in [0.15, 0.2) is 71.5 Å². The SMILES string of the molecule is C1CN2CCC1CC2.Cn1c(-c2ccccc2O)nc2ccc(-c3ccc(Cl)cc3)cc2c1=O. The number of hydrogen-bond acceptors (Lipinski definition) is 4. The van der Waals surface area contributed by atoms with E-state index in [1.807, 2.05) is 42.5 Å². The standard InChI is InChI=1S/C21H15ClN2O2.C7H13N/c1-24-20(16-4-2-3-5-19(16)25)23-18-11-8-14(12-17(18)21(24)26)13-6-9-15(22)10-7-13;1-4-8-5-2-7(1)3-6-8/h2-12,25H,1H3;7H,1-6H2. The first-order chi connectivity index (χ1) is 16.5. The number of phenolic OH excluding ortho intramolecular Hbond substituents is 1. The highest BCUT2D eigenvalue weighted by atomic mass is 35.5. The Morgan fingerprint density at radius 3 is 2.15 bits per heavy atom. The third-order valence-electron chi connectivity index (χ3n) is 6.96. The molecular formula is C28H28ClN3O2. The Morgan fingerprint density at radius 1 is 0.912 bits per heavy atom. The highest BCUT2D eigenvalue weighted by Crippen LogP contribution is 2.29. The van der Waals surface area contributed by atoms with Crippen molar-refractivity contribution < 1.29 is 5.11 Å². The molecule has 3 aliphatic heterocycles. The van der Waals surface area contributed by atoms with Gasteiger partial charge in [0, 0.05) is 12.1 Å². The summed E-state index contributed by atoms with van der Waals surface area (Å²) in [6, 6.07) is 19.9. The van der Waals surface area contributed by atoms with Crippen molar-refractivity contribution in [3.05, 3.63) is 82.1 Å². The molecule has 0 unspecified atom stereocenters. The maximum Gasteiger partial charge on any atom is 0.261 e. The monoisotopic (exact) mass is 473 g/mol. The summed E-state index contributed by atoms with van der Waals surface area (Å²) >= 11 is 5.94. The zero-order valence-electron chi connectivity index (χ0n) is 19.2. The molecule has 4 heterocycles. The van der Waals surface area contributed by atoms with Gasteiger partial charge in [-0.05, 0) is 92.3 Å². The Hall–Kier alpha value is -3.15. The fourth-order valence-electron chi connectivity index (χ4n) is 4.86. The number of hydrogen-bond donors (Lipinski definition) is 1. The van der Waals surface area contributed by atoms with Crippen molar-refractivity contribution in [1.82, 2.24) is 14.5 Å². The van der Waals surface area contributed by atoms with E-state index in [9.17, 15) is 9.90 Å². The van der Waals surface area contributed by atoms with Gasteiger partial charge in [0.2, 0.25) is 0 Å². The highest BCUT2D eigenvalue weighted by molar-refractivity contribution is 6.30. The molecule has 0 atom stereocenters. The van der Waals surface area contributed by atoms with Gasteiger partial charge in [-0.1, -0.05) is 41.9 Å². The van der Waals surface area contributed by atoms with Gasteiger partial charge in [0.15, 0.2) is 0 Å². The van der Waals surface area contributed by atoms with Gasteiger partial charge < -0.3 is 10.0 Å². The molecule has 2 bridgehead atoms. The summed E-state index contributed by atoms with van der Waals surface area (Å²) in [5.74, 6) is 1.63. The van der Waals surface area contributed by atoms with E-state index in [1.54, 1.807) is 31.3 Å². The van der Waals surface area contributed by atoms with Crippen molar-refractivity contribution in [1.29, 1.82) is 0 Å². The topological polar surface area (TPSA) is 58.4 Å². The molecule has 0 aliphatic carbocycles. The first kappa shape index (κ1) is 22.6. The van der Waals surface area contributed by atoms with E-state index in [0.717, 1.165) is 17.0 Å². The Kier molecular flexibility index (Phi) is 6.40. The average Bonchev–Trinajstić information content (AvgIpc) is 2.88. The van der Waals surface area contributed by atoms with Crippen molar-refractivity contribution in [3.8, 4) is 28.3 Å². The molecule has 3 saturated heterocycles. The molecule has 1 N–H and O–H groups in total. The average molecular weight is 474 g/mol. The van der Waals surface area contributed by atoms with Gasteiger partial charge in [0.25, 0.3) is 5.56 Å². The lowest BCUT2D eigenvalue weighted by atomic mass is 9.89. The fraction of sp³-hybridized carbons (Fsp3) is 0.286. The lowest BCUT2D eigenvalue weighted by Crippen LogP contribution is -2.41. The molecule has 34 heavy (non-hydrogen) atoms. The predicted octanol–water partition coefficient (Wildman–Crippen LogP) is 5.73. The molecule has 6 heteroatoms. The normalized spacial score (nSPS) is 19.0. The number of halogens is 1. The second-order valence-electron chi connectivity index (χ2n) is 9.13. The number of piperidine rings is 3. The molecule has 1 aromatic heterocycles. The van der Waals surface area contributed by atoms with Gasteiger partial charge >= 0.3 is 0 Å². The predicted molar refractivity (Wildman–Crippen MR) is 138 cm³/mol. The zero-order chi connectivity index (χ0) is 23.7. The summed E-state index contributed by atoms with van der Waals surface area (Å²) in [6.07, 6.45) is 4.46. The van der Waals surface area contributed by atoms with Crippen LogP contribution >= 0.6 is 11.6 Å². The van der Waals surface area contributed by atoms with E-state index >= 15 is 0 Å². The van der Waals surface area contributed by atoms with Crippen molar-refractivity contribution >= 4 is 22.5 Å². The number of aromatic nitrogens is 2. The summed E-state index contributed by atoms with van der Waals surface area (Å²) in [6.45, 7) is 4.18. The van der Waals surface area contributed by atoms with E-state index in [0.29, 0.717) is 27.3 Å². The van der Waals surface area contributed by atoms with Gasteiger partial charge in [-0.3, -0.25) is 9.36 Å². The number of rotatable bonds is 2. The molecule has 3 fully saturated rings. The Balaban J connectivity index is 0.000000252. The molecular weight excluding hydrogens is 446 g/mol. The number of aromatic hydroxyl groups is 1. The summed E-state index contributed by atoms with van der Waals surface area (Å²) in [4.78, 5) is 20.1. The van der Waals surface area contributed by atoms with E-state index in [2.05, 4.69) is 9.88 Å². The molecule has 174 valence electrons. The molecule has 5 nitrogen and oxygen atoms in total. The Bertz CT molecular complexity index is 1350. The van der Waals surface area contributed by atoms with Gasteiger partial charge in [0.1, 0.15) is 11.6 Å². The van der Waals surface area contributed by atoms with Crippen molar-refractivity contribution in [2.24, 2.45) is 13.0 Å². The summed E-state index contributed by atoms with van der Waals surface area (Å²) in [5.41, 5.74) is 2.84. The maximum absolute atomic E-state index is 12.9. The van der Waals surface area contributed by atoms with Crippen LogP contribution in [0.1, 0.15) is 19.3 Å². The smallest absolute Gasteiger partial charge is 0.261 e. The second-order valence-corrected chi connectivity index (χ2v) is 9.57. The van der Waals surface area contributed by atoms with Crippen molar-refractivity contribution in [2.45, 2.75) is 19.3 Å². The maximum atomic E-state index is 12.9. The van der Waals surface area contributed by atoms with Gasteiger partial charge in [-0.15, -0.1) is 0 Å². The lowest BCUT2D eigenvalue weighted by Gasteiger charge is -2.38. The van der Waals surface area contributed by atoms with Gasteiger partial charge in [0.05, 0.1) is 16.5 Å². The molecule has 0 radical (unpaired) electrons. The Morgan fingerprint density at radius 2 is 1.56 bits per heavy atom. The van der Waals surface area contributed by atoms with Crippen LogP contribution in [-0.4, -0.2) is 39.2 Å². The van der Waals surface area contributed by atoms with Crippen LogP contribution in [0.5, 0.6) is 5.75 Å². The third kappa shape index (κ3) is 4.59. The van der Waals surface area contributed by atoms with Gasteiger partial charge in [-0.25, -0.2) is 4.98 Å². The molecule has 0 saturated carbocycles. The minimum Gasteiger partial charge on any atom is -0.507 e. The highest BCUT2D eigenvalue weighted by Gasteiger charge is 2.24. The summed E-state index contributed by atoms with van der Waals surface area (Å²) in [5, 5.41) is 11.3. The molecule has 3 aliphatic rings. The van der Waals surface area contributed by atoms with E-state index < -0.39 is 0 Å². The van der Waals surface area contributed by atoms with Crippen LogP contribution in [-0.2, 0) is 7.05 Å². The van der Waals surface area contributed by atoms with Crippen LogP contribution in [0.3, 0.4) is 0 Å². The molecule has 0 spiro atoms. The molecule has 7 rings (SSSR count). The molecule has 4 aromatic rings. The third-order valence-corrected chi connectivity index (χ3v) is 7.21. The number of nitrogens with zero attached hydrogens (tertiary/aromatic N) is 3. The quantitative estimate of drug-likeness (QED) is 0.404.